The van der Waals surface area contributed by atoms with E-state index in [9.17, 15) is 9.59 Å². The predicted octanol–water partition coefficient (Wildman–Crippen LogP) is 3.15. The zero-order chi connectivity index (χ0) is 19.0. The second-order valence-corrected chi connectivity index (χ2v) is 8.00. The lowest BCUT2D eigenvalue weighted by molar-refractivity contribution is -0.132. The minimum Gasteiger partial charge on any atom is -0.319 e. The summed E-state index contributed by atoms with van der Waals surface area (Å²) in [5.74, 6) is -0.241. The third kappa shape index (κ3) is 3.20. The van der Waals surface area contributed by atoms with E-state index >= 15 is 0 Å². The number of nitrogens with zero attached hydrogens (tertiary/aromatic N) is 3. The topological polar surface area (TPSA) is 65.5 Å². The quantitative estimate of drug-likeness (QED) is 0.691. The zero-order valence-corrected chi connectivity index (χ0v) is 16.0. The maximum absolute atomic E-state index is 13.0. The highest BCUT2D eigenvalue weighted by Gasteiger charge is 2.49. The molecule has 0 spiro atoms. The van der Waals surface area contributed by atoms with Gasteiger partial charge in [0.25, 0.3) is 5.91 Å². The van der Waals surface area contributed by atoms with Crippen molar-refractivity contribution in [1.29, 1.82) is 0 Å². The van der Waals surface area contributed by atoms with Crippen molar-refractivity contribution in [2.45, 2.75) is 19.0 Å². The van der Waals surface area contributed by atoms with Crippen LogP contribution in [0.5, 0.6) is 0 Å². The summed E-state index contributed by atoms with van der Waals surface area (Å²) in [6.07, 6.45) is 0. The Balaban J connectivity index is 1.48. The molecule has 2 heterocycles. The molecule has 3 aromatic rings. The van der Waals surface area contributed by atoms with E-state index in [1.807, 2.05) is 66.5 Å². The number of urea groups is 1. The van der Waals surface area contributed by atoms with Crippen LogP contribution in [0.1, 0.15) is 17.5 Å². The second-order valence-electron chi connectivity index (χ2n) is 6.89. The molecule has 0 bridgehead atoms. The highest BCUT2D eigenvalue weighted by Crippen LogP contribution is 2.29. The van der Waals surface area contributed by atoms with Crippen LogP contribution in [0, 0.1) is 0 Å². The average Bonchev–Trinajstić information content (AvgIpc) is 3.16. The van der Waals surface area contributed by atoms with E-state index < -0.39 is 5.54 Å². The molecule has 6 nitrogen and oxygen atoms in total. The molecule has 3 amide bonds. The van der Waals surface area contributed by atoms with E-state index in [1.54, 1.807) is 18.3 Å². The lowest BCUT2D eigenvalue weighted by atomic mass is 9.92. The Morgan fingerprint density at radius 1 is 1.11 bits per heavy atom. The number of thiazole rings is 1. The minimum atomic E-state index is -1.03. The van der Waals surface area contributed by atoms with Gasteiger partial charge in [-0.25, -0.2) is 14.7 Å². The van der Waals surface area contributed by atoms with Gasteiger partial charge in [-0.1, -0.05) is 42.5 Å². The number of fused-ring (bicyclic) bond motifs is 1. The van der Waals surface area contributed by atoms with Crippen molar-refractivity contribution in [2.75, 3.05) is 13.7 Å². The fourth-order valence-corrected chi connectivity index (χ4v) is 4.35. The Hall–Kier alpha value is -2.77. The molecule has 4 rings (SSSR count). The Labute approximate surface area is 161 Å². The first-order valence-electron chi connectivity index (χ1n) is 8.70. The van der Waals surface area contributed by atoms with E-state index in [1.165, 1.54) is 4.90 Å². The summed E-state index contributed by atoms with van der Waals surface area (Å²) < 4.78 is 1.13. The third-order valence-electron chi connectivity index (χ3n) is 4.75. The van der Waals surface area contributed by atoms with Crippen molar-refractivity contribution >= 4 is 33.5 Å². The lowest BCUT2D eigenvalue weighted by Crippen LogP contribution is -2.42. The van der Waals surface area contributed by atoms with Gasteiger partial charge < -0.3 is 5.32 Å². The number of nitrogens with one attached hydrogen (secondary N) is 1. The Morgan fingerprint density at radius 2 is 1.81 bits per heavy atom. The normalized spacial score (nSPS) is 19.9. The molecule has 1 atom stereocenters. The largest absolute Gasteiger partial charge is 0.326 e. The Kier molecular flexibility index (Phi) is 4.41. The molecule has 2 aromatic carbocycles. The van der Waals surface area contributed by atoms with E-state index in [0.29, 0.717) is 6.54 Å². The number of rotatable bonds is 5. The first kappa shape index (κ1) is 17.6. The fourth-order valence-electron chi connectivity index (χ4n) is 3.30. The van der Waals surface area contributed by atoms with Crippen LogP contribution in [-0.4, -0.2) is 40.4 Å². The summed E-state index contributed by atoms with van der Waals surface area (Å²) in [5.41, 5.74) is 0.715. The molecule has 27 heavy (non-hydrogen) atoms. The third-order valence-corrected chi connectivity index (χ3v) is 5.77. The number of amides is 3. The fraction of sp³-hybridized carbons (Fsp3) is 0.250. The highest BCUT2D eigenvalue weighted by molar-refractivity contribution is 7.18. The monoisotopic (exact) mass is 380 g/mol. The molecular formula is C20H20N4O2S. The van der Waals surface area contributed by atoms with Crippen molar-refractivity contribution in [3.05, 3.63) is 65.2 Å². The Bertz CT molecular complexity index is 970. The molecule has 138 valence electrons. The number of carbonyl (C=O) groups is 2. The van der Waals surface area contributed by atoms with Gasteiger partial charge in [-0.2, -0.15) is 0 Å². The van der Waals surface area contributed by atoms with Crippen molar-refractivity contribution < 1.29 is 9.59 Å². The molecule has 1 aliphatic rings. The molecule has 0 aliphatic carbocycles. The lowest BCUT2D eigenvalue weighted by Gasteiger charge is -2.24. The second kappa shape index (κ2) is 6.75. The van der Waals surface area contributed by atoms with E-state index in [4.69, 9.17) is 0 Å². The summed E-state index contributed by atoms with van der Waals surface area (Å²) in [6.45, 7) is 2.53. The van der Waals surface area contributed by atoms with Crippen LogP contribution < -0.4 is 5.32 Å². The summed E-state index contributed by atoms with van der Waals surface area (Å²) in [5, 5.41) is 3.79. The summed E-state index contributed by atoms with van der Waals surface area (Å²) in [7, 11) is 1.88. The summed E-state index contributed by atoms with van der Waals surface area (Å²) in [6, 6.07) is 16.9. The van der Waals surface area contributed by atoms with Gasteiger partial charge in [0.1, 0.15) is 10.5 Å². The van der Waals surface area contributed by atoms with E-state index in [2.05, 4.69) is 10.3 Å². The zero-order valence-electron chi connectivity index (χ0n) is 15.2. The smallest absolute Gasteiger partial charge is 0.319 e. The molecule has 1 aromatic heterocycles. The molecule has 7 heteroatoms. The summed E-state index contributed by atoms with van der Waals surface area (Å²) in [4.78, 5) is 33.2. The van der Waals surface area contributed by atoms with Gasteiger partial charge in [0, 0.05) is 0 Å². The molecule has 0 radical (unpaired) electrons. The molecule has 1 aliphatic heterocycles. The van der Waals surface area contributed by atoms with Gasteiger partial charge in [-0.3, -0.25) is 9.69 Å². The highest BCUT2D eigenvalue weighted by atomic mass is 32.1. The predicted molar refractivity (Wildman–Crippen MR) is 105 cm³/mol. The van der Waals surface area contributed by atoms with Crippen molar-refractivity contribution in [2.24, 2.45) is 0 Å². The average molecular weight is 380 g/mol. The van der Waals surface area contributed by atoms with Crippen LogP contribution in [0.2, 0.25) is 0 Å². The number of hydrogen-bond acceptors (Lipinski definition) is 5. The van der Waals surface area contributed by atoms with Crippen molar-refractivity contribution in [3.63, 3.8) is 0 Å². The number of imide groups is 1. The first-order valence-corrected chi connectivity index (χ1v) is 9.51. The van der Waals surface area contributed by atoms with Crippen LogP contribution in [0.15, 0.2) is 54.6 Å². The maximum Gasteiger partial charge on any atom is 0.326 e. The van der Waals surface area contributed by atoms with Gasteiger partial charge in [0.2, 0.25) is 0 Å². The van der Waals surface area contributed by atoms with Crippen LogP contribution >= 0.6 is 11.3 Å². The number of hydrogen-bond donors (Lipinski definition) is 1. The number of carbonyl (C=O) groups excluding carboxylic acids is 2. The van der Waals surface area contributed by atoms with Gasteiger partial charge >= 0.3 is 6.03 Å². The van der Waals surface area contributed by atoms with Gasteiger partial charge in [0.15, 0.2) is 0 Å². The van der Waals surface area contributed by atoms with Crippen LogP contribution in [0.4, 0.5) is 4.79 Å². The number of para-hydroxylation sites is 1. The van der Waals surface area contributed by atoms with Gasteiger partial charge in [-0.05, 0) is 31.7 Å². The maximum atomic E-state index is 13.0. The number of aromatic nitrogens is 1. The molecule has 1 fully saturated rings. The Morgan fingerprint density at radius 3 is 2.56 bits per heavy atom. The molecule has 0 saturated carbocycles. The van der Waals surface area contributed by atoms with Gasteiger partial charge in [0.05, 0.1) is 23.4 Å². The minimum absolute atomic E-state index is 0.211. The van der Waals surface area contributed by atoms with Crippen LogP contribution in [0.25, 0.3) is 10.2 Å². The van der Waals surface area contributed by atoms with Crippen LogP contribution in [0.3, 0.4) is 0 Å². The van der Waals surface area contributed by atoms with Crippen LogP contribution in [-0.2, 0) is 16.9 Å². The SMILES string of the molecule is CN(Cc1nc2ccccc2s1)CN1C(=O)N[C@@](C)(c2ccccc2)C1=O. The molecule has 1 N–H and O–H groups in total. The molecule has 1 saturated heterocycles. The first-order chi connectivity index (χ1) is 13.0. The molecule has 0 unspecified atom stereocenters. The van der Waals surface area contributed by atoms with Crippen molar-refractivity contribution in [3.8, 4) is 0 Å². The van der Waals surface area contributed by atoms with E-state index in [0.717, 1.165) is 20.8 Å². The molecular weight excluding hydrogens is 360 g/mol. The number of benzene rings is 2. The summed E-state index contributed by atoms with van der Waals surface area (Å²) >= 11 is 1.62. The van der Waals surface area contributed by atoms with Gasteiger partial charge in [-0.15, -0.1) is 11.3 Å². The standard InChI is InChI=1S/C20H20N4O2S/c1-20(14-8-4-3-5-9-14)18(25)24(19(26)22-20)13-23(2)12-17-21-15-10-6-7-11-16(15)27-17/h3-11H,12-13H2,1-2H3,(H,22,26)/t20-/m0/s1. The van der Waals surface area contributed by atoms with E-state index in [-0.39, 0.29) is 18.6 Å². The van der Waals surface area contributed by atoms with Crippen molar-refractivity contribution in [1.82, 2.24) is 20.1 Å².